The third kappa shape index (κ3) is 4.24. The second-order valence-electron chi connectivity index (χ2n) is 7.17. The van der Waals surface area contributed by atoms with Gasteiger partial charge in [-0.2, -0.15) is 0 Å². The molecular weight excluding hydrogens is 410 g/mol. The maximum Gasteiger partial charge on any atom is 0.240 e. The SMILES string of the molecule is CC(=O)Nc1ccc(S(=O)(=O)NCC2CC(=O)N(c3ccc4c(c3)OCO4)C2)cc1. The van der Waals surface area contributed by atoms with Crippen molar-refractivity contribution >= 4 is 33.2 Å². The van der Waals surface area contributed by atoms with Crippen LogP contribution in [0.2, 0.25) is 0 Å². The molecule has 0 aromatic heterocycles. The van der Waals surface area contributed by atoms with Gasteiger partial charge in [-0.25, -0.2) is 13.1 Å². The predicted octanol–water partition coefficient (Wildman–Crippen LogP) is 1.71. The van der Waals surface area contributed by atoms with Gasteiger partial charge in [0, 0.05) is 43.9 Å². The number of benzene rings is 2. The maximum absolute atomic E-state index is 12.6. The molecule has 2 heterocycles. The van der Waals surface area contributed by atoms with E-state index in [9.17, 15) is 18.0 Å². The summed E-state index contributed by atoms with van der Waals surface area (Å²) in [5.74, 6) is 0.766. The van der Waals surface area contributed by atoms with Crippen LogP contribution in [0.3, 0.4) is 0 Å². The van der Waals surface area contributed by atoms with Crippen molar-refractivity contribution in [2.24, 2.45) is 5.92 Å². The third-order valence-corrected chi connectivity index (χ3v) is 6.36. The Kier molecular flexibility index (Phi) is 5.35. The summed E-state index contributed by atoms with van der Waals surface area (Å²) in [5, 5.41) is 2.59. The number of fused-ring (bicyclic) bond motifs is 1. The van der Waals surface area contributed by atoms with Crippen molar-refractivity contribution in [1.82, 2.24) is 4.72 Å². The molecule has 2 aromatic carbocycles. The zero-order valence-electron chi connectivity index (χ0n) is 16.3. The first kappa shape index (κ1) is 20.2. The molecule has 1 saturated heterocycles. The Balaban J connectivity index is 1.38. The van der Waals surface area contributed by atoms with Gasteiger partial charge in [0.2, 0.25) is 28.6 Å². The van der Waals surface area contributed by atoms with Crippen LogP contribution in [-0.2, 0) is 19.6 Å². The summed E-state index contributed by atoms with van der Waals surface area (Å²) in [5.41, 5.74) is 1.21. The lowest BCUT2D eigenvalue weighted by molar-refractivity contribution is -0.117. The molecule has 0 saturated carbocycles. The average Bonchev–Trinajstić information content (AvgIpc) is 3.32. The largest absolute Gasteiger partial charge is 0.454 e. The number of hydrogen-bond donors (Lipinski definition) is 2. The van der Waals surface area contributed by atoms with Crippen LogP contribution >= 0.6 is 0 Å². The number of nitrogens with zero attached hydrogens (tertiary/aromatic N) is 1. The number of ether oxygens (including phenoxy) is 2. The van der Waals surface area contributed by atoms with Gasteiger partial charge in [0.05, 0.1) is 4.90 Å². The fourth-order valence-electron chi connectivity index (χ4n) is 3.45. The first-order valence-electron chi connectivity index (χ1n) is 9.39. The van der Waals surface area contributed by atoms with E-state index >= 15 is 0 Å². The molecule has 158 valence electrons. The highest BCUT2D eigenvalue weighted by molar-refractivity contribution is 7.89. The number of sulfonamides is 1. The highest BCUT2D eigenvalue weighted by atomic mass is 32.2. The average molecular weight is 431 g/mol. The molecule has 0 radical (unpaired) electrons. The number of carbonyl (C=O) groups is 2. The predicted molar refractivity (Wildman–Crippen MR) is 109 cm³/mol. The number of amides is 2. The van der Waals surface area contributed by atoms with Crippen molar-refractivity contribution in [3.63, 3.8) is 0 Å². The second kappa shape index (κ2) is 7.96. The number of anilines is 2. The van der Waals surface area contributed by atoms with E-state index in [2.05, 4.69) is 10.0 Å². The van der Waals surface area contributed by atoms with E-state index in [-0.39, 0.29) is 42.4 Å². The van der Waals surface area contributed by atoms with Crippen molar-refractivity contribution in [2.75, 3.05) is 30.1 Å². The van der Waals surface area contributed by atoms with Crippen molar-refractivity contribution in [3.05, 3.63) is 42.5 Å². The molecule has 2 aliphatic heterocycles. The first-order chi connectivity index (χ1) is 14.3. The molecule has 2 amide bonds. The Bertz CT molecular complexity index is 1080. The molecule has 4 rings (SSSR count). The van der Waals surface area contributed by atoms with Crippen molar-refractivity contribution in [1.29, 1.82) is 0 Å². The summed E-state index contributed by atoms with van der Waals surface area (Å²) in [4.78, 5) is 25.2. The van der Waals surface area contributed by atoms with Gasteiger partial charge >= 0.3 is 0 Å². The lowest BCUT2D eigenvalue weighted by Crippen LogP contribution is -2.31. The molecule has 0 aliphatic carbocycles. The van der Waals surface area contributed by atoms with E-state index in [4.69, 9.17) is 9.47 Å². The van der Waals surface area contributed by atoms with Crippen LogP contribution in [0.5, 0.6) is 11.5 Å². The van der Waals surface area contributed by atoms with Gasteiger partial charge in [-0.3, -0.25) is 9.59 Å². The molecule has 1 fully saturated rings. The Hall–Kier alpha value is -3.11. The zero-order chi connectivity index (χ0) is 21.3. The molecule has 1 unspecified atom stereocenters. The minimum absolute atomic E-state index is 0.0716. The summed E-state index contributed by atoms with van der Waals surface area (Å²) in [6.07, 6.45) is 0.248. The number of hydrogen-bond acceptors (Lipinski definition) is 6. The van der Waals surface area contributed by atoms with Crippen LogP contribution in [0.25, 0.3) is 0 Å². The van der Waals surface area contributed by atoms with E-state index in [0.29, 0.717) is 29.4 Å². The quantitative estimate of drug-likeness (QED) is 0.720. The normalized spacial score (nSPS) is 18.0. The standard InChI is InChI=1S/C20H21N3O6S/c1-13(24)22-15-2-5-17(6-3-15)30(26,27)21-10-14-8-20(25)23(11-14)16-4-7-18-19(9-16)29-12-28-18/h2-7,9,14,21H,8,10-12H2,1H3,(H,22,24). The zero-order valence-corrected chi connectivity index (χ0v) is 17.1. The van der Waals surface area contributed by atoms with Crippen LogP contribution in [0.15, 0.2) is 47.4 Å². The summed E-state index contributed by atoms with van der Waals surface area (Å²) in [7, 11) is -3.73. The van der Waals surface area contributed by atoms with Gasteiger partial charge < -0.3 is 19.7 Å². The van der Waals surface area contributed by atoms with Gasteiger partial charge in [0.15, 0.2) is 11.5 Å². The molecule has 0 spiro atoms. The molecule has 2 aliphatic rings. The Morgan fingerprint density at radius 3 is 2.60 bits per heavy atom. The van der Waals surface area contributed by atoms with Crippen molar-refractivity contribution in [3.8, 4) is 11.5 Å². The van der Waals surface area contributed by atoms with Crippen molar-refractivity contribution < 1.29 is 27.5 Å². The van der Waals surface area contributed by atoms with Gasteiger partial charge in [-0.05, 0) is 42.3 Å². The molecular formula is C20H21N3O6S. The molecule has 9 nitrogen and oxygen atoms in total. The Morgan fingerprint density at radius 1 is 1.13 bits per heavy atom. The number of nitrogens with one attached hydrogen (secondary N) is 2. The van der Waals surface area contributed by atoms with Crippen LogP contribution in [0, 0.1) is 5.92 Å². The molecule has 10 heteroatoms. The van der Waals surface area contributed by atoms with E-state index in [0.717, 1.165) is 0 Å². The molecule has 2 N–H and O–H groups in total. The van der Waals surface area contributed by atoms with E-state index < -0.39 is 10.0 Å². The maximum atomic E-state index is 12.6. The highest BCUT2D eigenvalue weighted by Gasteiger charge is 2.32. The van der Waals surface area contributed by atoms with Gasteiger partial charge in [0.1, 0.15) is 0 Å². The van der Waals surface area contributed by atoms with Crippen LogP contribution in [0.4, 0.5) is 11.4 Å². The summed E-state index contributed by atoms with van der Waals surface area (Å²) < 4.78 is 38.3. The fraction of sp³-hybridized carbons (Fsp3) is 0.300. The number of carbonyl (C=O) groups excluding carboxylic acids is 2. The third-order valence-electron chi connectivity index (χ3n) is 4.92. The van der Waals surface area contributed by atoms with Crippen LogP contribution < -0.4 is 24.4 Å². The van der Waals surface area contributed by atoms with Crippen LogP contribution in [-0.4, -0.2) is 40.1 Å². The van der Waals surface area contributed by atoms with E-state index in [1.165, 1.54) is 31.2 Å². The molecule has 1 atom stereocenters. The highest BCUT2D eigenvalue weighted by Crippen LogP contribution is 2.37. The lowest BCUT2D eigenvalue weighted by atomic mass is 10.1. The molecule has 0 bridgehead atoms. The Labute approximate surface area is 174 Å². The van der Waals surface area contributed by atoms with E-state index in [1.54, 1.807) is 23.1 Å². The summed E-state index contributed by atoms with van der Waals surface area (Å²) in [6, 6.07) is 11.2. The minimum atomic E-state index is -3.73. The lowest BCUT2D eigenvalue weighted by Gasteiger charge is -2.17. The van der Waals surface area contributed by atoms with Gasteiger partial charge in [-0.15, -0.1) is 0 Å². The second-order valence-corrected chi connectivity index (χ2v) is 8.94. The summed E-state index contributed by atoms with van der Waals surface area (Å²) in [6.45, 7) is 2.08. The first-order valence-corrected chi connectivity index (χ1v) is 10.9. The summed E-state index contributed by atoms with van der Waals surface area (Å²) >= 11 is 0. The minimum Gasteiger partial charge on any atom is -0.454 e. The monoisotopic (exact) mass is 431 g/mol. The van der Waals surface area contributed by atoms with Crippen LogP contribution in [0.1, 0.15) is 13.3 Å². The Morgan fingerprint density at radius 2 is 1.87 bits per heavy atom. The van der Waals surface area contributed by atoms with Gasteiger partial charge in [-0.1, -0.05) is 0 Å². The topological polar surface area (TPSA) is 114 Å². The van der Waals surface area contributed by atoms with E-state index in [1.807, 2.05) is 0 Å². The fourth-order valence-corrected chi connectivity index (χ4v) is 4.57. The van der Waals surface area contributed by atoms with Crippen molar-refractivity contribution in [2.45, 2.75) is 18.2 Å². The molecule has 2 aromatic rings. The molecule has 30 heavy (non-hydrogen) atoms. The van der Waals surface area contributed by atoms with Gasteiger partial charge in [0.25, 0.3) is 0 Å². The smallest absolute Gasteiger partial charge is 0.240 e. The number of rotatable bonds is 6.